The van der Waals surface area contributed by atoms with E-state index in [4.69, 9.17) is 10.8 Å². The van der Waals surface area contributed by atoms with Gasteiger partial charge in [0.15, 0.2) is 0 Å². The van der Waals surface area contributed by atoms with Gasteiger partial charge in [-0.25, -0.2) is 0 Å². The van der Waals surface area contributed by atoms with Crippen LogP contribution in [0.25, 0.3) is 0 Å². The molecule has 1 rings (SSSR count). The molecule has 3 N–H and O–H groups in total. The van der Waals surface area contributed by atoms with Gasteiger partial charge in [0, 0.05) is 6.04 Å². The average molecular weight is 253 g/mol. The topological polar surface area (TPSA) is 46.2 Å². The van der Waals surface area contributed by atoms with Crippen molar-refractivity contribution in [2.24, 2.45) is 17.6 Å². The van der Waals surface area contributed by atoms with Gasteiger partial charge in [-0.05, 0) is 31.6 Å². The monoisotopic (exact) mass is 253 g/mol. The standard InChI is InChI=1S/C12H22F3NO/c1-8(16)6-9-2-4-10(5-3-9)7-11(17)12(13,14)15/h8-11,17H,2-7,16H2,1H3. The van der Waals surface area contributed by atoms with Crippen molar-refractivity contribution in [1.29, 1.82) is 0 Å². The van der Waals surface area contributed by atoms with Crippen molar-refractivity contribution < 1.29 is 18.3 Å². The lowest BCUT2D eigenvalue weighted by Crippen LogP contribution is -2.32. The number of aliphatic hydroxyl groups is 1. The molecule has 0 bridgehead atoms. The van der Waals surface area contributed by atoms with Gasteiger partial charge in [-0.3, -0.25) is 0 Å². The maximum absolute atomic E-state index is 12.2. The summed E-state index contributed by atoms with van der Waals surface area (Å²) in [5, 5.41) is 9.00. The highest BCUT2D eigenvalue weighted by Gasteiger charge is 2.39. The molecule has 0 heterocycles. The molecule has 0 radical (unpaired) electrons. The maximum atomic E-state index is 12.2. The minimum Gasteiger partial charge on any atom is -0.384 e. The van der Waals surface area contributed by atoms with E-state index in [1.807, 2.05) is 6.92 Å². The lowest BCUT2D eigenvalue weighted by Gasteiger charge is -2.30. The van der Waals surface area contributed by atoms with E-state index in [2.05, 4.69) is 0 Å². The third-order valence-electron chi connectivity index (χ3n) is 3.61. The molecular weight excluding hydrogens is 231 g/mol. The van der Waals surface area contributed by atoms with E-state index in [0.29, 0.717) is 5.92 Å². The smallest absolute Gasteiger partial charge is 0.384 e. The summed E-state index contributed by atoms with van der Waals surface area (Å²) < 4.78 is 36.6. The molecule has 0 amide bonds. The van der Waals surface area contributed by atoms with Crippen LogP contribution < -0.4 is 5.73 Å². The molecule has 2 atom stereocenters. The fraction of sp³-hybridized carbons (Fsp3) is 1.00. The van der Waals surface area contributed by atoms with Crippen LogP contribution in [0.4, 0.5) is 13.2 Å². The second kappa shape index (κ2) is 6.05. The molecule has 1 aliphatic rings. The van der Waals surface area contributed by atoms with Gasteiger partial charge < -0.3 is 10.8 Å². The Morgan fingerprint density at radius 1 is 1.12 bits per heavy atom. The van der Waals surface area contributed by atoms with Crippen molar-refractivity contribution in [3.05, 3.63) is 0 Å². The molecule has 5 heteroatoms. The van der Waals surface area contributed by atoms with Crippen LogP contribution in [0, 0.1) is 11.8 Å². The molecule has 0 aliphatic heterocycles. The van der Waals surface area contributed by atoms with Gasteiger partial charge in [0.1, 0.15) is 6.10 Å². The van der Waals surface area contributed by atoms with E-state index in [-0.39, 0.29) is 18.4 Å². The molecule has 2 unspecified atom stereocenters. The Balaban J connectivity index is 2.28. The third-order valence-corrected chi connectivity index (χ3v) is 3.61. The summed E-state index contributed by atoms with van der Waals surface area (Å²) >= 11 is 0. The molecule has 17 heavy (non-hydrogen) atoms. The highest BCUT2D eigenvalue weighted by molar-refractivity contribution is 4.78. The van der Waals surface area contributed by atoms with E-state index < -0.39 is 12.3 Å². The van der Waals surface area contributed by atoms with Gasteiger partial charge in [-0.2, -0.15) is 13.2 Å². The van der Waals surface area contributed by atoms with E-state index >= 15 is 0 Å². The number of alkyl halides is 3. The van der Waals surface area contributed by atoms with Crippen LogP contribution >= 0.6 is 0 Å². The van der Waals surface area contributed by atoms with Crippen LogP contribution in [0.1, 0.15) is 45.4 Å². The highest BCUT2D eigenvalue weighted by Crippen LogP contribution is 2.36. The lowest BCUT2D eigenvalue weighted by molar-refractivity contribution is -0.209. The molecule has 0 aromatic heterocycles. The van der Waals surface area contributed by atoms with Gasteiger partial charge >= 0.3 is 6.18 Å². The number of hydrogen-bond acceptors (Lipinski definition) is 2. The van der Waals surface area contributed by atoms with E-state index in [0.717, 1.165) is 32.1 Å². The molecule has 1 fully saturated rings. The first-order valence-corrected chi connectivity index (χ1v) is 6.29. The zero-order chi connectivity index (χ0) is 13.1. The Morgan fingerprint density at radius 2 is 1.53 bits per heavy atom. The van der Waals surface area contributed by atoms with Gasteiger partial charge in [0.05, 0.1) is 0 Å². The Kier molecular flexibility index (Phi) is 5.25. The van der Waals surface area contributed by atoms with Gasteiger partial charge in [0.25, 0.3) is 0 Å². The van der Waals surface area contributed by atoms with Crippen LogP contribution in [0.15, 0.2) is 0 Å². The van der Waals surface area contributed by atoms with Gasteiger partial charge in [0.2, 0.25) is 0 Å². The number of halogens is 3. The first-order chi connectivity index (χ1) is 7.79. The zero-order valence-electron chi connectivity index (χ0n) is 10.2. The minimum atomic E-state index is -4.47. The van der Waals surface area contributed by atoms with Crippen LogP contribution in [-0.4, -0.2) is 23.4 Å². The second-order valence-electron chi connectivity index (χ2n) is 5.39. The summed E-state index contributed by atoms with van der Waals surface area (Å²) in [7, 11) is 0. The Bertz CT molecular complexity index is 222. The molecule has 2 nitrogen and oxygen atoms in total. The van der Waals surface area contributed by atoms with E-state index in [9.17, 15) is 13.2 Å². The Morgan fingerprint density at radius 3 is 1.88 bits per heavy atom. The lowest BCUT2D eigenvalue weighted by atomic mass is 9.77. The summed E-state index contributed by atoms with van der Waals surface area (Å²) in [4.78, 5) is 0. The van der Waals surface area contributed by atoms with Crippen LogP contribution in [0.5, 0.6) is 0 Å². The molecular formula is C12H22F3NO. The zero-order valence-corrected chi connectivity index (χ0v) is 10.2. The van der Waals surface area contributed by atoms with Gasteiger partial charge in [-0.15, -0.1) is 0 Å². The Labute approximate surface area is 100 Å². The van der Waals surface area contributed by atoms with Crippen molar-refractivity contribution in [2.45, 2.75) is 63.8 Å². The summed E-state index contributed by atoms with van der Waals surface area (Å²) in [5.74, 6) is 0.560. The first kappa shape index (κ1) is 14.8. The normalized spacial score (nSPS) is 30.0. The van der Waals surface area contributed by atoms with Gasteiger partial charge in [-0.1, -0.05) is 25.7 Å². The van der Waals surface area contributed by atoms with E-state index in [1.165, 1.54) is 0 Å². The van der Waals surface area contributed by atoms with Crippen LogP contribution in [0.3, 0.4) is 0 Å². The molecule has 102 valence electrons. The fourth-order valence-electron chi connectivity index (χ4n) is 2.68. The molecule has 0 aromatic rings. The number of rotatable bonds is 4. The van der Waals surface area contributed by atoms with Crippen molar-refractivity contribution in [2.75, 3.05) is 0 Å². The predicted octanol–water partition coefficient (Wildman–Crippen LogP) is 2.84. The maximum Gasteiger partial charge on any atom is 0.414 e. The number of nitrogens with two attached hydrogens (primary N) is 1. The average Bonchev–Trinajstić information content (AvgIpc) is 2.18. The fourth-order valence-corrected chi connectivity index (χ4v) is 2.68. The van der Waals surface area contributed by atoms with Crippen molar-refractivity contribution >= 4 is 0 Å². The summed E-state index contributed by atoms with van der Waals surface area (Å²) in [6.07, 6.45) is -2.37. The van der Waals surface area contributed by atoms with Crippen molar-refractivity contribution in [3.63, 3.8) is 0 Å². The predicted molar refractivity (Wildman–Crippen MR) is 60.4 cm³/mol. The Hall–Kier alpha value is -0.290. The highest BCUT2D eigenvalue weighted by atomic mass is 19.4. The molecule has 0 saturated heterocycles. The summed E-state index contributed by atoms with van der Waals surface area (Å²) in [6, 6.07) is 0.164. The molecule has 1 aliphatic carbocycles. The third kappa shape index (κ3) is 5.25. The van der Waals surface area contributed by atoms with Crippen LogP contribution in [0.2, 0.25) is 0 Å². The molecule has 0 aromatic carbocycles. The molecule has 1 saturated carbocycles. The number of aliphatic hydroxyl groups excluding tert-OH is 1. The van der Waals surface area contributed by atoms with Crippen LogP contribution in [-0.2, 0) is 0 Å². The second-order valence-corrected chi connectivity index (χ2v) is 5.39. The largest absolute Gasteiger partial charge is 0.414 e. The summed E-state index contributed by atoms with van der Waals surface area (Å²) in [6.45, 7) is 1.96. The minimum absolute atomic E-state index is 0.0101. The first-order valence-electron chi connectivity index (χ1n) is 6.29. The van der Waals surface area contributed by atoms with Crippen molar-refractivity contribution in [3.8, 4) is 0 Å². The number of hydrogen-bond donors (Lipinski definition) is 2. The quantitative estimate of drug-likeness (QED) is 0.809. The summed E-state index contributed by atoms with van der Waals surface area (Å²) in [5.41, 5.74) is 5.71. The van der Waals surface area contributed by atoms with Crippen molar-refractivity contribution in [1.82, 2.24) is 0 Å². The SMILES string of the molecule is CC(N)CC1CCC(CC(O)C(F)(F)F)CC1. The molecule has 0 spiro atoms. The van der Waals surface area contributed by atoms with E-state index in [1.54, 1.807) is 0 Å².